The minimum atomic E-state index is -0.0287. The zero-order chi connectivity index (χ0) is 24.4. The van der Waals surface area contributed by atoms with Crippen LogP contribution in [-0.4, -0.2) is 22.6 Å². The second kappa shape index (κ2) is 16.4. The van der Waals surface area contributed by atoms with Gasteiger partial charge < -0.3 is 75.0 Å². The Kier molecular flexibility index (Phi) is 13.3. The van der Waals surface area contributed by atoms with Crippen molar-refractivity contribution in [3.8, 4) is 0 Å². The first-order valence-electron chi connectivity index (χ1n) is 15.2. The van der Waals surface area contributed by atoms with E-state index in [1.807, 2.05) is 0 Å². The molecule has 37 heavy (non-hydrogen) atoms. The standard InChI is InChI=1S/2C17H22P.Fe/c2*1-3-9-15(10-4-1)18(17-13-7-8-14-17)16-11-5-2-6-12-16;/h2*15-16H,1-6,9-12H2;/q2*-5;. The number of rotatable bonds is 6. The minimum absolute atomic E-state index is 0. The van der Waals surface area contributed by atoms with Crippen LogP contribution in [0.15, 0.2) is 0 Å². The average molecular weight is 571 g/mol. The molecule has 0 atom stereocenters. The molecular formula is C34H44FeP2-10. The molecule has 0 spiro atoms. The van der Waals surface area contributed by atoms with Crippen LogP contribution in [0.1, 0.15) is 128 Å². The fraction of sp³-hybridized carbons (Fsp3) is 0.706. The molecule has 2 aromatic rings. The van der Waals surface area contributed by atoms with E-state index in [1.165, 1.54) is 139 Å². The van der Waals surface area contributed by atoms with Crippen LogP contribution in [0.4, 0.5) is 0 Å². The number of hydrogen-bond acceptors (Lipinski definition) is 0. The van der Waals surface area contributed by atoms with E-state index in [9.17, 15) is 0 Å². The van der Waals surface area contributed by atoms with Crippen molar-refractivity contribution in [1.82, 2.24) is 0 Å². The van der Waals surface area contributed by atoms with Crippen LogP contribution in [0, 0.1) is 48.5 Å². The Hall–Kier alpha value is 0.0795. The first-order chi connectivity index (χ1) is 17.9. The van der Waals surface area contributed by atoms with Crippen LogP contribution < -0.4 is 10.6 Å². The fourth-order valence-corrected chi connectivity index (χ4v) is 14.5. The van der Waals surface area contributed by atoms with E-state index in [1.54, 1.807) is 0 Å². The third-order valence-corrected chi connectivity index (χ3v) is 15.9. The van der Waals surface area contributed by atoms with Gasteiger partial charge in [-0.25, -0.2) is 0 Å². The predicted octanol–water partition coefficient (Wildman–Crippen LogP) is 8.76. The van der Waals surface area contributed by atoms with Gasteiger partial charge in [0.15, 0.2) is 0 Å². The van der Waals surface area contributed by atoms with Crippen molar-refractivity contribution in [2.24, 2.45) is 0 Å². The van der Waals surface area contributed by atoms with Crippen molar-refractivity contribution >= 4 is 26.5 Å². The molecular weight excluding hydrogens is 526 g/mol. The van der Waals surface area contributed by atoms with E-state index >= 15 is 0 Å². The molecule has 4 aliphatic carbocycles. The summed E-state index contributed by atoms with van der Waals surface area (Å²) in [6.45, 7) is 0. The molecule has 4 saturated carbocycles. The maximum Gasteiger partial charge on any atom is 0 e. The maximum atomic E-state index is 3.32. The molecule has 0 saturated heterocycles. The summed E-state index contributed by atoms with van der Waals surface area (Å²) in [6, 6.07) is 25.3. The summed E-state index contributed by atoms with van der Waals surface area (Å²) in [5.41, 5.74) is 3.81. The maximum absolute atomic E-state index is 3.32. The van der Waals surface area contributed by atoms with Gasteiger partial charge in [0, 0.05) is 17.1 Å². The fourth-order valence-electron chi connectivity index (χ4n) is 7.45. The summed E-state index contributed by atoms with van der Waals surface area (Å²) in [7, 11) is -0.0573. The van der Waals surface area contributed by atoms with Crippen LogP contribution in [-0.2, 0) is 17.1 Å². The van der Waals surface area contributed by atoms with Crippen LogP contribution in [0.3, 0.4) is 0 Å². The van der Waals surface area contributed by atoms with Crippen molar-refractivity contribution in [3.63, 3.8) is 0 Å². The Labute approximate surface area is 242 Å². The Balaban J connectivity index is 0.000000168. The Bertz CT molecular complexity index is 698. The second-order valence-electron chi connectivity index (χ2n) is 11.7. The molecule has 0 bridgehead atoms. The van der Waals surface area contributed by atoms with Gasteiger partial charge in [0.05, 0.1) is 0 Å². The molecule has 0 aliphatic heterocycles. The summed E-state index contributed by atoms with van der Waals surface area (Å²) in [6.07, 6.45) is 29.0. The minimum Gasteiger partial charge on any atom is -0.998 e. The van der Waals surface area contributed by atoms with Crippen molar-refractivity contribution in [2.75, 3.05) is 0 Å². The summed E-state index contributed by atoms with van der Waals surface area (Å²) >= 11 is 0. The van der Waals surface area contributed by atoms with Gasteiger partial charge in [0.1, 0.15) is 0 Å². The first kappa shape index (κ1) is 30.0. The average Bonchev–Trinajstić information content (AvgIpc) is 3.68. The summed E-state index contributed by atoms with van der Waals surface area (Å²) in [4.78, 5) is 0. The van der Waals surface area contributed by atoms with E-state index in [0.29, 0.717) is 0 Å². The van der Waals surface area contributed by atoms with E-state index in [2.05, 4.69) is 48.5 Å². The Morgan fingerprint density at radius 2 is 0.568 bits per heavy atom. The van der Waals surface area contributed by atoms with Gasteiger partial charge >= 0.3 is 0 Å². The third kappa shape index (κ3) is 8.53. The molecule has 2 aromatic carbocycles. The molecule has 0 heterocycles. The SMILES string of the molecule is [Fe].[c-]1[c-][c-][c-](P(C2CCCCC2)C2CCCCC2)[c-]1.[c-]1[c-][c-][c-](P(C2CCCCC2)C2CCCCC2)[c-]1. The predicted molar refractivity (Wildman–Crippen MR) is 155 cm³/mol. The topological polar surface area (TPSA) is 0 Å². The monoisotopic (exact) mass is 570 g/mol. The zero-order valence-corrected chi connectivity index (χ0v) is 25.6. The van der Waals surface area contributed by atoms with E-state index < -0.39 is 0 Å². The van der Waals surface area contributed by atoms with Crippen molar-refractivity contribution in [2.45, 2.75) is 151 Å². The van der Waals surface area contributed by atoms with Gasteiger partial charge in [-0.1, -0.05) is 99.7 Å². The van der Waals surface area contributed by atoms with E-state index in [0.717, 1.165) is 22.6 Å². The molecule has 4 fully saturated rings. The molecule has 208 valence electrons. The van der Waals surface area contributed by atoms with Gasteiger partial charge in [0.25, 0.3) is 0 Å². The summed E-state index contributed by atoms with van der Waals surface area (Å²) < 4.78 is 0. The Morgan fingerprint density at radius 3 is 0.784 bits per heavy atom. The van der Waals surface area contributed by atoms with Gasteiger partial charge in [-0.3, -0.25) is 0 Å². The smallest absolute Gasteiger partial charge is 0 e. The van der Waals surface area contributed by atoms with Crippen LogP contribution >= 0.6 is 15.8 Å². The zero-order valence-electron chi connectivity index (χ0n) is 22.7. The molecule has 0 amide bonds. The molecule has 4 aliphatic rings. The van der Waals surface area contributed by atoms with Gasteiger partial charge in [-0.2, -0.15) is 0 Å². The summed E-state index contributed by atoms with van der Waals surface area (Å²) in [5, 5.41) is 2.73. The number of hydrogen-bond donors (Lipinski definition) is 0. The van der Waals surface area contributed by atoms with Crippen molar-refractivity contribution in [3.05, 3.63) is 48.5 Å². The van der Waals surface area contributed by atoms with Crippen LogP contribution in [0.5, 0.6) is 0 Å². The van der Waals surface area contributed by atoms with Crippen LogP contribution in [0.2, 0.25) is 0 Å². The molecule has 0 aromatic heterocycles. The Morgan fingerprint density at radius 1 is 0.351 bits per heavy atom. The van der Waals surface area contributed by atoms with E-state index in [4.69, 9.17) is 0 Å². The second-order valence-corrected chi connectivity index (χ2v) is 17.1. The normalized spacial score (nSPS) is 23.0. The van der Waals surface area contributed by atoms with Gasteiger partial charge in [-0.05, 0) is 51.4 Å². The summed E-state index contributed by atoms with van der Waals surface area (Å²) in [5.74, 6) is 0. The molecule has 0 nitrogen and oxygen atoms in total. The molecule has 0 N–H and O–H groups in total. The quantitative estimate of drug-likeness (QED) is 0.185. The molecule has 0 unspecified atom stereocenters. The van der Waals surface area contributed by atoms with Crippen molar-refractivity contribution in [1.29, 1.82) is 0 Å². The van der Waals surface area contributed by atoms with Gasteiger partial charge in [0.2, 0.25) is 0 Å². The molecule has 3 heteroatoms. The largest absolute Gasteiger partial charge is 0.998 e. The van der Waals surface area contributed by atoms with E-state index in [-0.39, 0.29) is 32.9 Å². The van der Waals surface area contributed by atoms with Gasteiger partial charge in [-0.15, -0.1) is 0 Å². The van der Waals surface area contributed by atoms with Crippen molar-refractivity contribution < 1.29 is 17.1 Å². The first-order valence-corrected chi connectivity index (χ1v) is 18.2. The molecule has 0 radical (unpaired) electrons. The molecule has 6 rings (SSSR count). The van der Waals surface area contributed by atoms with Crippen LogP contribution in [0.25, 0.3) is 0 Å². The third-order valence-electron chi connectivity index (χ3n) is 9.24.